The van der Waals surface area contributed by atoms with Crippen LogP contribution in [0.4, 0.5) is 13.2 Å². The molecule has 0 aliphatic rings. The Hall–Kier alpha value is -4.46. The average molecular weight is 501 g/mol. The van der Waals surface area contributed by atoms with Gasteiger partial charge in [-0.2, -0.15) is 22.9 Å². The molecule has 8 heteroatoms. The van der Waals surface area contributed by atoms with Gasteiger partial charge in [0.25, 0.3) is 5.56 Å². The first kappa shape index (κ1) is 24.2. The molecule has 37 heavy (non-hydrogen) atoms. The number of fused-ring (bicyclic) bond motifs is 1. The molecule has 0 saturated heterocycles. The SMILES string of the molecule is Cc1ccc(-n2c(C)cc(C=Nn3c(-c4cccc(C(F)(F)F)c4)nc4ccccc4c3=O)c2C)cc1. The quantitative estimate of drug-likeness (QED) is 0.259. The predicted octanol–water partition coefficient (Wildman–Crippen LogP) is 6.68. The van der Waals surface area contributed by atoms with Crippen molar-refractivity contribution in [1.82, 2.24) is 14.2 Å². The summed E-state index contributed by atoms with van der Waals surface area (Å²) in [6.07, 6.45) is -2.99. The lowest BCUT2D eigenvalue weighted by Crippen LogP contribution is -2.20. The van der Waals surface area contributed by atoms with Crippen LogP contribution in [-0.4, -0.2) is 20.4 Å². The molecule has 0 aliphatic heterocycles. The highest BCUT2D eigenvalue weighted by atomic mass is 19.4. The van der Waals surface area contributed by atoms with Gasteiger partial charge in [-0.15, -0.1) is 0 Å². The van der Waals surface area contributed by atoms with E-state index < -0.39 is 17.3 Å². The van der Waals surface area contributed by atoms with Crippen LogP contribution in [-0.2, 0) is 6.18 Å². The molecule has 0 spiro atoms. The zero-order chi connectivity index (χ0) is 26.3. The van der Waals surface area contributed by atoms with Gasteiger partial charge >= 0.3 is 6.18 Å². The Bertz CT molecular complexity index is 1710. The second kappa shape index (κ2) is 9.20. The van der Waals surface area contributed by atoms with Crippen molar-refractivity contribution in [2.45, 2.75) is 26.9 Å². The van der Waals surface area contributed by atoms with E-state index in [-0.39, 0.29) is 11.4 Å². The molecule has 5 aromatic rings. The van der Waals surface area contributed by atoms with E-state index in [1.807, 2.05) is 51.1 Å². The minimum Gasteiger partial charge on any atom is -0.318 e. The maximum atomic E-state index is 13.4. The highest BCUT2D eigenvalue weighted by molar-refractivity contribution is 5.83. The molecule has 0 fully saturated rings. The molecule has 0 saturated carbocycles. The Morgan fingerprint density at radius 2 is 1.62 bits per heavy atom. The molecule has 0 N–H and O–H groups in total. The van der Waals surface area contributed by atoms with E-state index in [4.69, 9.17) is 0 Å². The van der Waals surface area contributed by atoms with Gasteiger partial charge in [-0.25, -0.2) is 4.98 Å². The highest BCUT2D eigenvalue weighted by Crippen LogP contribution is 2.32. The van der Waals surface area contributed by atoms with Gasteiger partial charge in [0.05, 0.1) is 22.7 Å². The summed E-state index contributed by atoms with van der Waals surface area (Å²) in [5.41, 5.74) is 4.02. The summed E-state index contributed by atoms with van der Waals surface area (Å²) in [5, 5.41) is 4.76. The van der Waals surface area contributed by atoms with Gasteiger partial charge in [0.15, 0.2) is 5.82 Å². The molecule has 0 atom stereocenters. The minimum absolute atomic E-state index is 0.0263. The molecule has 0 bridgehead atoms. The fourth-order valence-corrected chi connectivity index (χ4v) is 4.38. The smallest absolute Gasteiger partial charge is 0.318 e. The van der Waals surface area contributed by atoms with Crippen LogP contribution in [0.2, 0.25) is 0 Å². The van der Waals surface area contributed by atoms with Crippen LogP contribution in [0.1, 0.15) is 28.1 Å². The van der Waals surface area contributed by atoms with Crippen LogP contribution < -0.4 is 5.56 Å². The Labute approximate surface area is 211 Å². The summed E-state index contributed by atoms with van der Waals surface area (Å²) in [6.45, 7) is 5.94. The molecule has 0 radical (unpaired) electrons. The van der Waals surface area contributed by atoms with Gasteiger partial charge in [0.1, 0.15) is 0 Å². The fraction of sp³-hybridized carbons (Fsp3) is 0.138. The Balaban J connectivity index is 1.67. The third-order valence-corrected chi connectivity index (χ3v) is 6.28. The number of para-hydroxylation sites is 1. The Morgan fingerprint density at radius 3 is 2.35 bits per heavy atom. The van der Waals surface area contributed by atoms with Crippen molar-refractivity contribution in [1.29, 1.82) is 0 Å². The number of nitrogens with zero attached hydrogens (tertiary/aromatic N) is 4. The number of alkyl halides is 3. The number of benzene rings is 3. The lowest BCUT2D eigenvalue weighted by Gasteiger charge is -2.12. The molecular formula is C29H23F3N4O. The molecular weight excluding hydrogens is 477 g/mol. The fourth-order valence-electron chi connectivity index (χ4n) is 4.38. The van der Waals surface area contributed by atoms with E-state index in [1.165, 1.54) is 12.1 Å². The van der Waals surface area contributed by atoms with E-state index in [0.717, 1.165) is 45.0 Å². The molecule has 0 aliphatic carbocycles. The van der Waals surface area contributed by atoms with Crippen LogP contribution in [0.15, 0.2) is 88.8 Å². The first-order valence-corrected chi connectivity index (χ1v) is 11.6. The second-order valence-electron chi connectivity index (χ2n) is 8.89. The second-order valence-corrected chi connectivity index (χ2v) is 8.89. The molecule has 186 valence electrons. The van der Waals surface area contributed by atoms with Gasteiger partial charge in [-0.3, -0.25) is 4.79 Å². The van der Waals surface area contributed by atoms with Gasteiger partial charge in [0, 0.05) is 28.2 Å². The van der Waals surface area contributed by atoms with Crippen LogP contribution >= 0.6 is 0 Å². The van der Waals surface area contributed by atoms with E-state index in [9.17, 15) is 18.0 Å². The summed E-state index contributed by atoms with van der Waals surface area (Å²) in [6, 6.07) is 21.5. The molecule has 2 aromatic heterocycles. The summed E-state index contributed by atoms with van der Waals surface area (Å²) in [7, 11) is 0. The molecule has 5 rings (SSSR count). The standard InChI is InChI=1S/C29H23F3N4O/c1-18-11-13-24(14-12-18)35-19(2)15-22(20(35)3)17-33-36-27(21-7-6-8-23(16-21)29(30,31)32)34-26-10-5-4-9-25(26)28(36)37/h4-17H,1-3H3. The van der Waals surface area contributed by atoms with E-state index in [1.54, 1.807) is 30.5 Å². The van der Waals surface area contributed by atoms with Gasteiger partial charge in [-0.1, -0.05) is 42.0 Å². The Kier molecular flexibility index (Phi) is 6.03. The van der Waals surface area contributed by atoms with Crippen molar-refractivity contribution in [3.63, 3.8) is 0 Å². The molecule has 5 nitrogen and oxygen atoms in total. The third kappa shape index (κ3) is 4.58. The average Bonchev–Trinajstić information content (AvgIpc) is 3.16. The molecule has 3 aromatic carbocycles. The Morgan fingerprint density at radius 1 is 0.892 bits per heavy atom. The van der Waals surface area contributed by atoms with Gasteiger partial charge in [0.2, 0.25) is 0 Å². The monoisotopic (exact) mass is 500 g/mol. The predicted molar refractivity (Wildman–Crippen MR) is 139 cm³/mol. The third-order valence-electron chi connectivity index (χ3n) is 6.28. The topological polar surface area (TPSA) is 52.2 Å². The van der Waals surface area contributed by atoms with E-state index >= 15 is 0 Å². The first-order valence-electron chi connectivity index (χ1n) is 11.6. The van der Waals surface area contributed by atoms with Crippen LogP contribution in [0.5, 0.6) is 0 Å². The highest BCUT2D eigenvalue weighted by Gasteiger charge is 2.31. The van der Waals surface area contributed by atoms with E-state index in [0.29, 0.717) is 10.9 Å². The largest absolute Gasteiger partial charge is 0.416 e. The molecule has 0 amide bonds. The molecule has 2 heterocycles. The number of hydrogen-bond donors (Lipinski definition) is 0. The van der Waals surface area contributed by atoms with Crippen molar-refractivity contribution in [2.24, 2.45) is 5.10 Å². The van der Waals surface area contributed by atoms with Crippen LogP contribution in [0.25, 0.3) is 28.0 Å². The van der Waals surface area contributed by atoms with Crippen molar-refractivity contribution in [2.75, 3.05) is 0 Å². The molecule has 0 unspecified atom stereocenters. The number of hydrogen-bond acceptors (Lipinski definition) is 3. The van der Waals surface area contributed by atoms with Crippen molar-refractivity contribution < 1.29 is 13.2 Å². The number of rotatable bonds is 4. The van der Waals surface area contributed by atoms with Crippen LogP contribution in [0.3, 0.4) is 0 Å². The van der Waals surface area contributed by atoms with Gasteiger partial charge in [-0.05, 0) is 63.2 Å². The first-order chi connectivity index (χ1) is 17.6. The zero-order valence-electron chi connectivity index (χ0n) is 20.4. The summed E-state index contributed by atoms with van der Waals surface area (Å²) in [4.78, 5) is 17.9. The maximum Gasteiger partial charge on any atom is 0.416 e. The minimum atomic E-state index is -4.53. The summed E-state index contributed by atoms with van der Waals surface area (Å²) < 4.78 is 43.4. The lowest BCUT2D eigenvalue weighted by molar-refractivity contribution is -0.137. The summed E-state index contributed by atoms with van der Waals surface area (Å²) >= 11 is 0. The summed E-state index contributed by atoms with van der Waals surface area (Å²) in [5.74, 6) is 0.0263. The van der Waals surface area contributed by atoms with Crippen molar-refractivity contribution in [3.05, 3.63) is 117 Å². The lowest BCUT2D eigenvalue weighted by atomic mass is 10.1. The maximum absolute atomic E-state index is 13.4. The van der Waals surface area contributed by atoms with E-state index in [2.05, 4.69) is 14.7 Å². The van der Waals surface area contributed by atoms with Crippen molar-refractivity contribution in [3.8, 4) is 17.1 Å². The normalized spacial score (nSPS) is 12.1. The van der Waals surface area contributed by atoms with Crippen LogP contribution in [0, 0.1) is 20.8 Å². The van der Waals surface area contributed by atoms with Crippen molar-refractivity contribution >= 4 is 17.1 Å². The number of aromatic nitrogens is 3. The van der Waals surface area contributed by atoms with Gasteiger partial charge < -0.3 is 4.57 Å². The number of aryl methyl sites for hydroxylation is 2. The number of halogens is 3. The zero-order valence-corrected chi connectivity index (χ0v) is 20.4.